The van der Waals surface area contributed by atoms with E-state index in [0.717, 1.165) is 0 Å². The zero-order chi connectivity index (χ0) is 10.7. The van der Waals surface area contributed by atoms with E-state index in [0.29, 0.717) is 23.3 Å². The number of nitrogens with zero attached hydrogens (tertiary/aromatic N) is 2. The highest BCUT2D eigenvalue weighted by atomic mass is 16.5. The van der Waals surface area contributed by atoms with Crippen LogP contribution in [0.1, 0.15) is 0 Å². The van der Waals surface area contributed by atoms with E-state index in [9.17, 15) is 0 Å². The Morgan fingerprint density at radius 1 is 1.13 bits per heavy atom. The first kappa shape index (κ1) is 9.51. The summed E-state index contributed by atoms with van der Waals surface area (Å²) in [6.45, 7) is 0. The lowest BCUT2D eigenvalue weighted by atomic mass is 10.4. The van der Waals surface area contributed by atoms with Crippen LogP contribution in [0.5, 0.6) is 11.8 Å². The van der Waals surface area contributed by atoms with Gasteiger partial charge < -0.3 is 13.9 Å². The summed E-state index contributed by atoms with van der Waals surface area (Å²) in [6.07, 6.45) is 1.56. The highest BCUT2D eigenvalue weighted by Crippen LogP contribution is 2.22. The molecule has 0 N–H and O–H groups in total. The van der Waals surface area contributed by atoms with Gasteiger partial charge in [0.25, 0.3) is 0 Å². The average molecular weight is 206 g/mol. The van der Waals surface area contributed by atoms with Crippen LogP contribution in [0.15, 0.2) is 28.9 Å². The third-order valence-electron chi connectivity index (χ3n) is 1.84. The van der Waals surface area contributed by atoms with Crippen molar-refractivity contribution in [3.8, 4) is 23.3 Å². The number of furan rings is 1. The molecule has 5 heteroatoms. The molecular formula is C10H10N2O3. The van der Waals surface area contributed by atoms with E-state index in [1.54, 1.807) is 24.5 Å². The Hall–Kier alpha value is -2.04. The third-order valence-corrected chi connectivity index (χ3v) is 1.84. The molecule has 0 aliphatic rings. The first-order chi connectivity index (χ1) is 7.33. The summed E-state index contributed by atoms with van der Waals surface area (Å²) in [6, 6.07) is 5.14. The lowest BCUT2D eigenvalue weighted by Gasteiger charge is -2.04. The van der Waals surface area contributed by atoms with E-state index < -0.39 is 0 Å². The fourth-order valence-corrected chi connectivity index (χ4v) is 1.13. The number of hydrogen-bond acceptors (Lipinski definition) is 5. The van der Waals surface area contributed by atoms with Crippen molar-refractivity contribution in [1.82, 2.24) is 9.97 Å². The normalized spacial score (nSPS) is 10.0. The van der Waals surface area contributed by atoms with Gasteiger partial charge in [0, 0.05) is 0 Å². The van der Waals surface area contributed by atoms with Crippen LogP contribution in [-0.4, -0.2) is 24.2 Å². The van der Waals surface area contributed by atoms with Crippen molar-refractivity contribution in [3.05, 3.63) is 24.5 Å². The summed E-state index contributed by atoms with van der Waals surface area (Å²) in [5.74, 6) is 1.89. The molecule has 0 amide bonds. The van der Waals surface area contributed by atoms with Crippen LogP contribution in [-0.2, 0) is 0 Å². The van der Waals surface area contributed by atoms with E-state index in [4.69, 9.17) is 13.9 Å². The smallest absolute Gasteiger partial charge is 0.220 e. The molecule has 0 saturated carbocycles. The van der Waals surface area contributed by atoms with Crippen molar-refractivity contribution in [3.63, 3.8) is 0 Å². The van der Waals surface area contributed by atoms with Crippen LogP contribution < -0.4 is 9.47 Å². The molecule has 0 aliphatic carbocycles. The molecule has 2 aromatic rings. The summed E-state index contributed by atoms with van der Waals surface area (Å²) in [4.78, 5) is 8.27. The summed E-state index contributed by atoms with van der Waals surface area (Å²) in [5, 5.41) is 0. The minimum Gasteiger partial charge on any atom is -0.481 e. The summed E-state index contributed by atoms with van der Waals surface area (Å²) in [5.41, 5.74) is 0. The van der Waals surface area contributed by atoms with Crippen LogP contribution in [0.3, 0.4) is 0 Å². The molecule has 15 heavy (non-hydrogen) atoms. The Bertz CT molecular complexity index is 418. The van der Waals surface area contributed by atoms with Gasteiger partial charge in [-0.05, 0) is 12.1 Å². The molecule has 78 valence electrons. The van der Waals surface area contributed by atoms with E-state index in [1.165, 1.54) is 14.2 Å². The molecule has 2 rings (SSSR count). The molecule has 0 aliphatic heterocycles. The van der Waals surface area contributed by atoms with Crippen LogP contribution in [0.2, 0.25) is 0 Å². The second-order valence-corrected chi connectivity index (χ2v) is 2.75. The van der Waals surface area contributed by atoms with Crippen molar-refractivity contribution in [1.29, 1.82) is 0 Å². The molecule has 0 spiro atoms. The zero-order valence-corrected chi connectivity index (χ0v) is 8.43. The van der Waals surface area contributed by atoms with Gasteiger partial charge in [-0.2, -0.15) is 9.97 Å². The topological polar surface area (TPSA) is 57.4 Å². The first-order valence-electron chi connectivity index (χ1n) is 4.34. The van der Waals surface area contributed by atoms with Crippen molar-refractivity contribution < 1.29 is 13.9 Å². The van der Waals surface area contributed by atoms with Crippen LogP contribution in [0.4, 0.5) is 0 Å². The highest BCUT2D eigenvalue weighted by molar-refractivity contribution is 5.48. The van der Waals surface area contributed by atoms with Gasteiger partial charge in [-0.25, -0.2) is 0 Å². The van der Waals surface area contributed by atoms with Gasteiger partial charge >= 0.3 is 0 Å². The molecule has 0 unspecified atom stereocenters. The third kappa shape index (κ3) is 1.90. The van der Waals surface area contributed by atoms with E-state index in [2.05, 4.69) is 9.97 Å². The monoisotopic (exact) mass is 206 g/mol. The quantitative estimate of drug-likeness (QED) is 0.765. The van der Waals surface area contributed by atoms with Crippen molar-refractivity contribution in [2.45, 2.75) is 0 Å². The Morgan fingerprint density at radius 2 is 1.80 bits per heavy atom. The number of hydrogen-bond donors (Lipinski definition) is 0. The SMILES string of the molecule is COc1cc(OC)nc(-c2ccco2)n1. The van der Waals surface area contributed by atoms with Crippen LogP contribution in [0, 0.1) is 0 Å². The summed E-state index contributed by atoms with van der Waals surface area (Å²) < 4.78 is 15.2. The molecule has 0 saturated heterocycles. The van der Waals surface area contributed by atoms with Gasteiger partial charge in [0.15, 0.2) is 5.76 Å². The fourth-order valence-electron chi connectivity index (χ4n) is 1.13. The maximum Gasteiger partial charge on any atom is 0.220 e. The maximum absolute atomic E-state index is 5.18. The Labute approximate surface area is 86.7 Å². The fraction of sp³-hybridized carbons (Fsp3) is 0.200. The lowest BCUT2D eigenvalue weighted by molar-refractivity contribution is 0.372. The molecule has 0 atom stereocenters. The Morgan fingerprint density at radius 3 is 2.27 bits per heavy atom. The highest BCUT2D eigenvalue weighted by Gasteiger charge is 2.09. The Kier molecular flexibility index (Phi) is 2.53. The van der Waals surface area contributed by atoms with E-state index in [1.807, 2.05) is 0 Å². The van der Waals surface area contributed by atoms with Gasteiger partial charge in [-0.1, -0.05) is 0 Å². The lowest BCUT2D eigenvalue weighted by Crippen LogP contribution is -1.96. The minimum atomic E-state index is 0.438. The first-order valence-corrected chi connectivity index (χ1v) is 4.34. The van der Waals surface area contributed by atoms with Crippen molar-refractivity contribution >= 4 is 0 Å². The molecule has 0 fully saturated rings. The van der Waals surface area contributed by atoms with Gasteiger partial charge in [0.1, 0.15) is 0 Å². The second kappa shape index (κ2) is 4.00. The van der Waals surface area contributed by atoms with E-state index in [-0.39, 0.29) is 0 Å². The number of methoxy groups -OCH3 is 2. The van der Waals surface area contributed by atoms with Gasteiger partial charge in [0.2, 0.25) is 17.6 Å². The average Bonchev–Trinajstić information content (AvgIpc) is 2.81. The van der Waals surface area contributed by atoms with E-state index >= 15 is 0 Å². The van der Waals surface area contributed by atoms with Crippen LogP contribution >= 0.6 is 0 Å². The predicted molar refractivity (Wildman–Crippen MR) is 52.8 cm³/mol. The second-order valence-electron chi connectivity index (χ2n) is 2.75. The van der Waals surface area contributed by atoms with Gasteiger partial charge in [-0.3, -0.25) is 0 Å². The van der Waals surface area contributed by atoms with Gasteiger partial charge in [-0.15, -0.1) is 0 Å². The molecule has 5 nitrogen and oxygen atoms in total. The number of rotatable bonds is 3. The molecule has 2 aromatic heterocycles. The largest absolute Gasteiger partial charge is 0.481 e. The minimum absolute atomic E-state index is 0.438. The molecule has 0 radical (unpaired) electrons. The van der Waals surface area contributed by atoms with Gasteiger partial charge in [0.05, 0.1) is 26.5 Å². The maximum atomic E-state index is 5.18. The van der Waals surface area contributed by atoms with Crippen molar-refractivity contribution in [2.75, 3.05) is 14.2 Å². The standard InChI is InChI=1S/C10H10N2O3/c1-13-8-6-9(14-2)12-10(11-8)7-4-3-5-15-7/h3-6H,1-2H3. The van der Waals surface area contributed by atoms with Crippen LogP contribution in [0.25, 0.3) is 11.6 Å². The zero-order valence-electron chi connectivity index (χ0n) is 8.43. The Balaban J connectivity index is 2.47. The van der Waals surface area contributed by atoms with Crippen molar-refractivity contribution in [2.24, 2.45) is 0 Å². The molecule has 2 heterocycles. The number of ether oxygens (including phenoxy) is 2. The summed E-state index contributed by atoms with van der Waals surface area (Å²) in [7, 11) is 3.07. The summed E-state index contributed by atoms with van der Waals surface area (Å²) >= 11 is 0. The number of aromatic nitrogens is 2. The molecule has 0 aromatic carbocycles. The predicted octanol–water partition coefficient (Wildman–Crippen LogP) is 1.75. The molecular weight excluding hydrogens is 196 g/mol. The molecule has 0 bridgehead atoms.